The summed E-state index contributed by atoms with van der Waals surface area (Å²) in [7, 11) is 0. The first kappa shape index (κ1) is 11.0. The van der Waals surface area contributed by atoms with Gasteiger partial charge in [0.2, 0.25) is 0 Å². The van der Waals surface area contributed by atoms with E-state index in [0.29, 0.717) is 5.56 Å². The van der Waals surface area contributed by atoms with Gasteiger partial charge in [0, 0.05) is 10.6 Å². The van der Waals surface area contributed by atoms with E-state index < -0.39 is 11.4 Å². The first-order chi connectivity index (χ1) is 6.40. The van der Waals surface area contributed by atoms with Crippen molar-refractivity contribution >= 4 is 11.6 Å². The van der Waals surface area contributed by atoms with E-state index in [0.717, 1.165) is 0 Å². The van der Waals surface area contributed by atoms with Crippen LogP contribution in [0, 0.1) is 24.1 Å². The number of hydrogen-bond acceptors (Lipinski definition) is 2. The highest BCUT2D eigenvalue weighted by Crippen LogP contribution is 2.29. The zero-order valence-corrected chi connectivity index (χ0v) is 8.69. The number of hydrogen-bond donors (Lipinski definition) is 1. The van der Waals surface area contributed by atoms with Crippen molar-refractivity contribution in [3.05, 3.63) is 34.1 Å². The highest BCUT2D eigenvalue weighted by Gasteiger charge is 2.28. The number of nitrogens with two attached hydrogens (primary N) is 1. The van der Waals surface area contributed by atoms with Gasteiger partial charge in [-0.3, -0.25) is 0 Å². The van der Waals surface area contributed by atoms with Crippen LogP contribution in [0.1, 0.15) is 18.1 Å². The Morgan fingerprint density at radius 2 is 2.14 bits per heavy atom. The van der Waals surface area contributed by atoms with Crippen LogP contribution in [0.25, 0.3) is 0 Å². The molecule has 1 rings (SSSR count). The summed E-state index contributed by atoms with van der Waals surface area (Å²) in [5.41, 5.74) is 4.71. The van der Waals surface area contributed by atoms with Gasteiger partial charge in [-0.2, -0.15) is 5.26 Å². The fourth-order valence-corrected chi connectivity index (χ4v) is 1.53. The van der Waals surface area contributed by atoms with Crippen LogP contribution in [0.4, 0.5) is 4.39 Å². The lowest BCUT2D eigenvalue weighted by Crippen LogP contribution is -2.32. The summed E-state index contributed by atoms with van der Waals surface area (Å²) in [6.45, 7) is 3.03. The molecule has 1 aromatic carbocycles. The normalized spacial score (nSPS) is 14.6. The summed E-state index contributed by atoms with van der Waals surface area (Å²) < 4.78 is 13.6. The van der Waals surface area contributed by atoms with Gasteiger partial charge in [0.05, 0.1) is 6.07 Å². The van der Waals surface area contributed by atoms with Crippen molar-refractivity contribution in [1.29, 1.82) is 5.26 Å². The van der Waals surface area contributed by atoms with Crippen LogP contribution in [-0.4, -0.2) is 0 Å². The van der Waals surface area contributed by atoms with Crippen LogP contribution in [0.5, 0.6) is 0 Å². The summed E-state index contributed by atoms with van der Waals surface area (Å²) in [6, 6.07) is 4.91. The lowest BCUT2D eigenvalue weighted by Gasteiger charge is -2.19. The molecule has 0 fully saturated rings. The maximum absolute atomic E-state index is 13.6. The Hall–Kier alpha value is -1.11. The zero-order valence-electron chi connectivity index (χ0n) is 7.94. The zero-order chi connectivity index (χ0) is 10.9. The molecule has 0 saturated carbocycles. The molecule has 0 radical (unpaired) electrons. The second-order valence-electron chi connectivity index (χ2n) is 3.37. The fourth-order valence-electron chi connectivity index (χ4n) is 1.19. The molecular formula is C10H10ClFN2. The SMILES string of the molecule is Cc1ccc(Cl)c([C@](C)(N)C#N)c1F. The molecule has 0 spiro atoms. The molecule has 1 atom stereocenters. The highest BCUT2D eigenvalue weighted by molar-refractivity contribution is 6.31. The number of nitrogens with zero attached hydrogens (tertiary/aromatic N) is 1. The fraction of sp³-hybridized carbons (Fsp3) is 0.300. The summed E-state index contributed by atoms with van der Waals surface area (Å²) >= 11 is 5.79. The Labute approximate surface area is 87.1 Å². The highest BCUT2D eigenvalue weighted by atomic mass is 35.5. The summed E-state index contributed by atoms with van der Waals surface area (Å²) in [4.78, 5) is 0. The minimum absolute atomic E-state index is 0.0571. The van der Waals surface area contributed by atoms with Crippen molar-refractivity contribution in [2.45, 2.75) is 19.4 Å². The second kappa shape index (κ2) is 3.56. The van der Waals surface area contributed by atoms with Crippen LogP contribution in [0.15, 0.2) is 12.1 Å². The van der Waals surface area contributed by atoms with E-state index in [4.69, 9.17) is 22.6 Å². The summed E-state index contributed by atoms with van der Waals surface area (Å²) in [5.74, 6) is -0.510. The van der Waals surface area contributed by atoms with Gasteiger partial charge >= 0.3 is 0 Å². The lowest BCUT2D eigenvalue weighted by molar-refractivity contribution is 0.545. The molecule has 74 valence electrons. The summed E-state index contributed by atoms with van der Waals surface area (Å²) in [5, 5.41) is 8.97. The number of nitriles is 1. The molecule has 0 unspecified atom stereocenters. The van der Waals surface area contributed by atoms with E-state index in [1.807, 2.05) is 6.07 Å². The second-order valence-corrected chi connectivity index (χ2v) is 3.77. The monoisotopic (exact) mass is 212 g/mol. The van der Waals surface area contributed by atoms with E-state index in [-0.39, 0.29) is 10.6 Å². The molecule has 0 bridgehead atoms. The predicted molar refractivity (Wildman–Crippen MR) is 53.3 cm³/mol. The van der Waals surface area contributed by atoms with E-state index >= 15 is 0 Å². The van der Waals surface area contributed by atoms with Crippen molar-refractivity contribution in [2.75, 3.05) is 0 Å². The van der Waals surface area contributed by atoms with Gasteiger partial charge in [0.25, 0.3) is 0 Å². The maximum Gasteiger partial charge on any atom is 0.133 e. The third-order valence-corrected chi connectivity index (χ3v) is 2.35. The molecule has 0 aliphatic carbocycles. The molecule has 4 heteroatoms. The first-order valence-corrected chi connectivity index (χ1v) is 4.43. The largest absolute Gasteiger partial charge is 0.310 e. The molecule has 0 aliphatic rings. The van der Waals surface area contributed by atoms with Crippen LogP contribution >= 0.6 is 11.6 Å². The smallest absolute Gasteiger partial charge is 0.133 e. The minimum atomic E-state index is -1.40. The van der Waals surface area contributed by atoms with E-state index in [1.165, 1.54) is 13.0 Å². The quantitative estimate of drug-likeness (QED) is 0.778. The topological polar surface area (TPSA) is 49.8 Å². The minimum Gasteiger partial charge on any atom is -0.310 e. The van der Waals surface area contributed by atoms with Crippen LogP contribution in [-0.2, 0) is 5.54 Å². The van der Waals surface area contributed by atoms with Gasteiger partial charge in [-0.05, 0) is 25.5 Å². The third-order valence-electron chi connectivity index (χ3n) is 2.04. The van der Waals surface area contributed by atoms with E-state index in [1.54, 1.807) is 13.0 Å². The van der Waals surface area contributed by atoms with Gasteiger partial charge in [0.1, 0.15) is 11.4 Å². The standard InChI is InChI=1S/C10H10ClFN2/c1-6-3-4-7(11)8(9(6)12)10(2,14)5-13/h3-4H,14H2,1-2H3/t10-/m1/s1. The van der Waals surface area contributed by atoms with Gasteiger partial charge in [-0.1, -0.05) is 17.7 Å². The predicted octanol–water partition coefficient (Wildman–Crippen LogP) is 2.48. The molecular weight excluding hydrogens is 203 g/mol. The Morgan fingerprint density at radius 3 is 2.64 bits per heavy atom. The van der Waals surface area contributed by atoms with Crippen molar-refractivity contribution in [1.82, 2.24) is 0 Å². The average molecular weight is 213 g/mol. The molecule has 0 amide bonds. The number of benzene rings is 1. The van der Waals surface area contributed by atoms with Crippen molar-refractivity contribution in [3.63, 3.8) is 0 Å². The Balaban J connectivity index is 3.49. The molecule has 0 heterocycles. The van der Waals surface area contributed by atoms with Crippen molar-refractivity contribution in [2.24, 2.45) is 5.73 Å². The molecule has 0 aliphatic heterocycles. The lowest BCUT2D eigenvalue weighted by atomic mass is 9.93. The van der Waals surface area contributed by atoms with E-state index in [9.17, 15) is 4.39 Å². The van der Waals surface area contributed by atoms with Gasteiger partial charge < -0.3 is 5.73 Å². The van der Waals surface area contributed by atoms with Crippen LogP contribution in [0.3, 0.4) is 0 Å². The number of aryl methyl sites for hydroxylation is 1. The van der Waals surface area contributed by atoms with Gasteiger partial charge in [-0.25, -0.2) is 4.39 Å². The molecule has 0 aromatic heterocycles. The van der Waals surface area contributed by atoms with E-state index in [2.05, 4.69) is 0 Å². The average Bonchev–Trinajstić information content (AvgIpc) is 2.12. The first-order valence-electron chi connectivity index (χ1n) is 4.05. The molecule has 0 saturated heterocycles. The molecule has 2 N–H and O–H groups in total. The molecule has 14 heavy (non-hydrogen) atoms. The number of halogens is 2. The Kier molecular flexibility index (Phi) is 2.79. The van der Waals surface area contributed by atoms with Crippen molar-refractivity contribution < 1.29 is 4.39 Å². The van der Waals surface area contributed by atoms with Crippen LogP contribution < -0.4 is 5.73 Å². The Morgan fingerprint density at radius 1 is 1.57 bits per heavy atom. The maximum atomic E-state index is 13.6. The number of rotatable bonds is 1. The van der Waals surface area contributed by atoms with Crippen molar-refractivity contribution in [3.8, 4) is 6.07 Å². The van der Waals surface area contributed by atoms with Gasteiger partial charge in [0.15, 0.2) is 0 Å². The summed E-state index contributed by atoms with van der Waals surface area (Å²) in [6.07, 6.45) is 0. The van der Waals surface area contributed by atoms with Gasteiger partial charge in [-0.15, -0.1) is 0 Å². The molecule has 1 aromatic rings. The molecule has 2 nitrogen and oxygen atoms in total. The Bertz CT molecular complexity index is 407. The third kappa shape index (κ3) is 1.72. The van der Waals surface area contributed by atoms with Crippen LogP contribution in [0.2, 0.25) is 5.02 Å².